The Kier molecular flexibility index (Phi) is 4.22. The Morgan fingerprint density at radius 3 is 2.50 bits per heavy atom. The first-order chi connectivity index (χ1) is 7.77. The van der Waals surface area contributed by atoms with Crippen LogP contribution in [0.1, 0.15) is 45.4 Å². The van der Waals surface area contributed by atoms with Crippen molar-refractivity contribution >= 4 is 5.91 Å². The van der Waals surface area contributed by atoms with Gasteiger partial charge in [-0.2, -0.15) is 0 Å². The van der Waals surface area contributed by atoms with Gasteiger partial charge in [-0.15, -0.1) is 0 Å². The van der Waals surface area contributed by atoms with Gasteiger partial charge in [-0.25, -0.2) is 0 Å². The van der Waals surface area contributed by atoms with Crippen molar-refractivity contribution in [3.8, 4) is 0 Å². The van der Waals surface area contributed by atoms with Gasteiger partial charge in [0.05, 0.1) is 0 Å². The van der Waals surface area contributed by atoms with Crippen molar-refractivity contribution in [2.24, 2.45) is 5.92 Å². The molecule has 2 atom stereocenters. The highest BCUT2D eigenvalue weighted by Gasteiger charge is 2.28. The number of carbonyl (C=O) groups is 1. The molecule has 16 heavy (non-hydrogen) atoms. The van der Waals surface area contributed by atoms with E-state index in [4.69, 9.17) is 0 Å². The molecule has 2 aliphatic heterocycles. The number of nitrogens with zero attached hydrogens (tertiary/aromatic N) is 1. The van der Waals surface area contributed by atoms with Gasteiger partial charge in [0.2, 0.25) is 5.91 Å². The molecule has 0 aliphatic carbocycles. The zero-order valence-corrected chi connectivity index (χ0v) is 10.4. The monoisotopic (exact) mass is 224 g/mol. The average Bonchev–Trinajstić information content (AvgIpc) is 2.56. The molecule has 2 saturated heterocycles. The fraction of sp³-hybridized carbons (Fsp3) is 0.923. The van der Waals surface area contributed by atoms with Gasteiger partial charge in [0.15, 0.2) is 0 Å². The Balaban J connectivity index is 1.89. The van der Waals surface area contributed by atoms with Crippen molar-refractivity contribution in [2.45, 2.75) is 51.5 Å². The van der Waals surface area contributed by atoms with Crippen LogP contribution in [0.15, 0.2) is 0 Å². The molecule has 0 aromatic rings. The smallest absolute Gasteiger partial charge is 0.225 e. The topological polar surface area (TPSA) is 32.3 Å². The van der Waals surface area contributed by atoms with Crippen LogP contribution in [-0.2, 0) is 4.79 Å². The van der Waals surface area contributed by atoms with Gasteiger partial charge in [0.1, 0.15) is 0 Å². The van der Waals surface area contributed by atoms with Crippen molar-refractivity contribution in [3.63, 3.8) is 0 Å². The van der Waals surface area contributed by atoms with Gasteiger partial charge >= 0.3 is 0 Å². The van der Waals surface area contributed by atoms with Crippen LogP contribution < -0.4 is 5.32 Å². The summed E-state index contributed by atoms with van der Waals surface area (Å²) in [5.74, 6) is 0.713. The van der Waals surface area contributed by atoms with Gasteiger partial charge in [-0.1, -0.05) is 12.8 Å². The van der Waals surface area contributed by atoms with E-state index in [0.717, 1.165) is 32.5 Å². The lowest BCUT2D eigenvalue weighted by Crippen LogP contribution is -2.44. The zero-order chi connectivity index (χ0) is 11.4. The van der Waals surface area contributed by atoms with Gasteiger partial charge < -0.3 is 10.2 Å². The van der Waals surface area contributed by atoms with Crippen LogP contribution in [0, 0.1) is 5.92 Å². The molecule has 0 bridgehead atoms. The number of amides is 1. The van der Waals surface area contributed by atoms with Gasteiger partial charge in [-0.05, 0) is 39.2 Å². The summed E-state index contributed by atoms with van der Waals surface area (Å²) in [6, 6.07) is 0.509. The second-order valence-corrected chi connectivity index (χ2v) is 5.32. The zero-order valence-electron chi connectivity index (χ0n) is 10.4. The quantitative estimate of drug-likeness (QED) is 0.736. The molecule has 3 heteroatoms. The van der Waals surface area contributed by atoms with Crippen LogP contribution in [-0.4, -0.2) is 36.5 Å². The fourth-order valence-corrected chi connectivity index (χ4v) is 2.91. The minimum atomic E-state index is 0.286. The first-order valence-corrected chi connectivity index (χ1v) is 6.79. The number of piperidine rings is 1. The van der Waals surface area contributed by atoms with E-state index in [1.54, 1.807) is 0 Å². The fourth-order valence-electron chi connectivity index (χ4n) is 2.91. The Morgan fingerprint density at radius 2 is 1.88 bits per heavy atom. The number of nitrogens with one attached hydrogen (secondary N) is 1. The Hall–Kier alpha value is -0.570. The van der Waals surface area contributed by atoms with Crippen molar-refractivity contribution in [1.29, 1.82) is 0 Å². The first-order valence-electron chi connectivity index (χ1n) is 6.79. The van der Waals surface area contributed by atoms with Crippen LogP contribution in [0.5, 0.6) is 0 Å². The second kappa shape index (κ2) is 5.67. The SMILES string of the molecule is C[C@H]1C[C@@H](C(=O)N2CCCCCC2)CCN1. The Labute approximate surface area is 98.6 Å². The number of carbonyl (C=O) groups excluding carboxylic acids is 1. The Morgan fingerprint density at radius 1 is 1.19 bits per heavy atom. The van der Waals surface area contributed by atoms with E-state index in [1.807, 2.05) is 0 Å². The van der Waals surface area contributed by atoms with Gasteiger partial charge in [-0.3, -0.25) is 4.79 Å². The van der Waals surface area contributed by atoms with Crippen molar-refractivity contribution in [2.75, 3.05) is 19.6 Å². The van der Waals surface area contributed by atoms with Crippen molar-refractivity contribution in [3.05, 3.63) is 0 Å². The summed E-state index contributed by atoms with van der Waals surface area (Å²) in [4.78, 5) is 14.5. The number of hydrogen-bond donors (Lipinski definition) is 1. The van der Waals surface area contributed by atoms with E-state index in [9.17, 15) is 4.79 Å². The summed E-state index contributed by atoms with van der Waals surface area (Å²) in [5, 5.41) is 3.41. The van der Waals surface area contributed by atoms with E-state index in [2.05, 4.69) is 17.1 Å². The average molecular weight is 224 g/mol. The molecule has 1 amide bonds. The molecule has 0 spiro atoms. The summed E-state index contributed by atoms with van der Waals surface area (Å²) >= 11 is 0. The molecule has 0 aromatic carbocycles. The normalized spacial score (nSPS) is 32.2. The van der Waals surface area contributed by atoms with E-state index in [-0.39, 0.29) is 5.92 Å². The first kappa shape index (κ1) is 11.9. The molecular formula is C13H24N2O. The number of rotatable bonds is 1. The highest BCUT2D eigenvalue weighted by Crippen LogP contribution is 2.20. The molecular weight excluding hydrogens is 200 g/mol. The van der Waals surface area contributed by atoms with Crippen LogP contribution in [0.3, 0.4) is 0 Å². The highest BCUT2D eigenvalue weighted by molar-refractivity contribution is 5.79. The molecule has 0 aromatic heterocycles. The van der Waals surface area contributed by atoms with Crippen LogP contribution in [0.2, 0.25) is 0 Å². The summed E-state index contributed by atoms with van der Waals surface area (Å²) in [7, 11) is 0. The lowest BCUT2D eigenvalue weighted by atomic mass is 9.92. The maximum absolute atomic E-state index is 12.3. The summed E-state index contributed by atoms with van der Waals surface area (Å²) in [6.07, 6.45) is 7.05. The predicted octanol–water partition coefficient (Wildman–Crippen LogP) is 1.78. The van der Waals surface area contributed by atoms with Crippen LogP contribution in [0.25, 0.3) is 0 Å². The van der Waals surface area contributed by atoms with E-state index >= 15 is 0 Å². The molecule has 92 valence electrons. The summed E-state index contributed by atoms with van der Waals surface area (Å²) < 4.78 is 0. The largest absolute Gasteiger partial charge is 0.342 e. The second-order valence-electron chi connectivity index (χ2n) is 5.32. The maximum Gasteiger partial charge on any atom is 0.225 e. The number of hydrogen-bond acceptors (Lipinski definition) is 2. The summed E-state index contributed by atoms with van der Waals surface area (Å²) in [5.41, 5.74) is 0. The highest BCUT2D eigenvalue weighted by atomic mass is 16.2. The lowest BCUT2D eigenvalue weighted by Gasteiger charge is -2.31. The molecule has 2 heterocycles. The molecule has 2 fully saturated rings. The van der Waals surface area contributed by atoms with Gasteiger partial charge in [0.25, 0.3) is 0 Å². The molecule has 2 aliphatic rings. The van der Waals surface area contributed by atoms with Crippen molar-refractivity contribution in [1.82, 2.24) is 10.2 Å². The number of likely N-dealkylation sites (tertiary alicyclic amines) is 1. The third kappa shape index (κ3) is 2.97. The lowest BCUT2D eigenvalue weighted by molar-refractivity contribution is -0.136. The minimum Gasteiger partial charge on any atom is -0.342 e. The molecule has 2 rings (SSSR count). The molecule has 1 N–H and O–H groups in total. The molecule has 0 radical (unpaired) electrons. The van der Waals surface area contributed by atoms with Crippen LogP contribution in [0.4, 0.5) is 0 Å². The standard InChI is InChI=1S/C13H24N2O/c1-11-10-12(6-7-14-11)13(16)15-8-4-2-3-5-9-15/h11-12,14H,2-10H2,1H3/t11-,12-/m0/s1. The van der Waals surface area contributed by atoms with Crippen LogP contribution >= 0.6 is 0 Å². The van der Waals surface area contributed by atoms with Crippen molar-refractivity contribution < 1.29 is 4.79 Å². The minimum absolute atomic E-state index is 0.286. The van der Waals surface area contributed by atoms with Gasteiger partial charge in [0, 0.05) is 25.0 Å². The van der Waals surface area contributed by atoms with E-state index in [1.165, 1.54) is 25.7 Å². The third-order valence-corrected chi connectivity index (χ3v) is 3.89. The molecule has 3 nitrogen and oxygen atoms in total. The Bertz CT molecular complexity index is 230. The predicted molar refractivity (Wildman–Crippen MR) is 65.2 cm³/mol. The summed E-state index contributed by atoms with van der Waals surface area (Å²) in [6.45, 7) is 5.18. The molecule has 0 unspecified atom stereocenters. The van der Waals surface area contributed by atoms with E-state index < -0.39 is 0 Å². The third-order valence-electron chi connectivity index (χ3n) is 3.89. The molecule has 0 saturated carbocycles. The maximum atomic E-state index is 12.3. The van der Waals surface area contributed by atoms with E-state index in [0.29, 0.717) is 11.9 Å².